The minimum Gasteiger partial charge on any atom is -0.508 e. The van der Waals surface area contributed by atoms with Gasteiger partial charge in [-0.25, -0.2) is 4.79 Å². The van der Waals surface area contributed by atoms with Crippen molar-refractivity contribution in [3.05, 3.63) is 29.8 Å². The van der Waals surface area contributed by atoms with Crippen molar-refractivity contribution in [2.24, 2.45) is 17.4 Å². The van der Waals surface area contributed by atoms with Gasteiger partial charge in [0.05, 0.1) is 12.6 Å². The molecule has 13 nitrogen and oxygen atoms in total. The van der Waals surface area contributed by atoms with Gasteiger partial charge in [-0.1, -0.05) is 26.0 Å². The third-order valence-corrected chi connectivity index (χ3v) is 5.09. The summed E-state index contributed by atoms with van der Waals surface area (Å²) in [6.45, 7) is 2.33. The van der Waals surface area contributed by atoms with E-state index in [0.717, 1.165) is 0 Å². The Bertz CT molecular complexity index is 906. The van der Waals surface area contributed by atoms with Gasteiger partial charge in [0.1, 0.15) is 23.9 Å². The first-order valence-corrected chi connectivity index (χ1v) is 10.9. The minimum absolute atomic E-state index is 0.0433. The first-order valence-electron chi connectivity index (χ1n) is 10.9. The molecule has 0 aliphatic heterocycles. The molecule has 0 aliphatic rings. The first kappa shape index (κ1) is 29.3. The Morgan fingerprint density at radius 2 is 1.46 bits per heavy atom. The van der Waals surface area contributed by atoms with Crippen molar-refractivity contribution in [2.75, 3.05) is 6.61 Å². The van der Waals surface area contributed by atoms with Crippen molar-refractivity contribution in [2.45, 2.75) is 57.3 Å². The number of aliphatic carboxylic acids is 1. The van der Waals surface area contributed by atoms with Gasteiger partial charge in [0, 0.05) is 6.42 Å². The number of nitrogens with two attached hydrogens (primary N) is 2. The summed E-state index contributed by atoms with van der Waals surface area (Å²) in [5.74, 6) is -5.02. The van der Waals surface area contributed by atoms with E-state index in [0.29, 0.717) is 5.56 Å². The molecule has 194 valence electrons. The number of benzene rings is 1. The average Bonchev–Trinajstić information content (AvgIpc) is 2.78. The number of carboxylic acids is 1. The largest absolute Gasteiger partial charge is 0.508 e. The Labute approximate surface area is 202 Å². The maximum Gasteiger partial charge on any atom is 0.326 e. The zero-order valence-corrected chi connectivity index (χ0v) is 19.6. The molecule has 0 fully saturated rings. The van der Waals surface area contributed by atoms with E-state index in [1.165, 1.54) is 12.1 Å². The van der Waals surface area contributed by atoms with E-state index in [1.54, 1.807) is 26.0 Å². The third kappa shape index (κ3) is 9.98. The number of phenolic OH excluding ortho intramolecular Hbond substituents is 1. The molecule has 0 saturated carbocycles. The number of aliphatic hydroxyl groups excluding tert-OH is 1. The van der Waals surface area contributed by atoms with Crippen LogP contribution >= 0.6 is 0 Å². The highest BCUT2D eigenvalue weighted by Crippen LogP contribution is 2.11. The van der Waals surface area contributed by atoms with Crippen LogP contribution in [0.4, 0.5) is 0 Å². The zero-order valence-electron chi connectivity index (χ0n) is 19.6. The summed E-state index contributed by atoms with van der Waals surface area (Å²) in [4.78, 5) is 60.3. The monoisotopic (exact) mass is 495 g/mol. The fraction of sp³-hybridized carbons (Fsp3) is 0.500. The number of carbonyl (C=O) groups excluding carboxylic acids is 4. The second-order valence-corrected chi connectivity index (χ2v) is 8.36. The van der Waals surface area contributed by atoms with Gasteiger partial charge in [-0.2, -0.15) is 0 Å². The van der Waals surface area contributed by atoms with Crippen LogP contribution in [0, 0.1) is 5.92 Å². The number of carboxylic acid groups (broad SMARTS) is 1. The van der Waals surface area contributed by atoms with Gasteiger partial charge in [0.15, 0.2) is 0 Å². The second-order valence-electron chi connectivity index (χ2n) is 8.36. The van der Waals surface area contributed by atoms with Crippen molar-refractivity contribution in [1.29, 1.82) is 0 Å². The van der Waals surface area contributed by atoms with Crippen LogP contribution in [-0.2, 0) is 30.4 Å². The van der Waals surface area contributed by atoms with Crippen molar-refractivity contribution in [1.82, 2.24) is 16.0 Å². The predicted molar refractivity (Wildman–Crippen MR) is 124 cm³/mol. The van der Waals surface area contributed by atoms with E-state index in [9.17, 15) is 39.3 Å². The first-order chi connectivity index (χ1) is 16.3. The third-order valence-electron chi connectivity index (χ3n) is 5.09. The molecule has 4 amide bonds. The van der Waals surface area contributed by atoms with Gasteiger partial charge in [0.2, 0.25) is 23.6 Å². The number of rotatable bonds is 14. The molecule has 4 unspecified atom stereocenters. The van der Waals surface area contributed by atoms with Crippen LogP contribution in [0.25, 0.3) is 0 Å². The molecule has 0 saturated heterocycles. The van der Waals surface area contributed by atoms with E-state index in [-0.39, 0.29) is 25.0 Å². The Morgan fingerprint density at radius 1 is 0.914 bits per heavy atom. The maximum absolute atomic E-state index is 12.7. The van der Waals surface area contributed by atoms with Crippen molar-refractivity contribution >= 4 is 29.6 Å². The van der Waals surface area contributed by atoms with Crippen LogP contribution in [0.3, 0.4) is 0 Å². The molecule has 0 aliphatic carbocycles. The van der Waals surface area contributed by atoms with E-state index in [4.69, 9.17) is 11.5 Å². The summed E-state index contributed by atoms with van der Waals surface area (Å²) in [7, 11) is 0. The van der Waals surface area contributed by atoms with Gasteiger partial charge in [0.25, 0.3) is 0 Å². The number of aliphatic hydroxyl groups is 1. The zero-order chi connectivity index (χ0) is 26.7. The van der Waals surface area contributed by atoms with Crippen LogP contribution in [0.1, 0.15) is 32.3 Å². The molecule has 1 rings (SSSR count). The van der Waals surface area contributed by atoms with Gasteiger partial charge in [-0.15, -0.1) is 0 Å². The molecule has 1 aromatic carbocycles. The quantitative estimate of drug-likeness (QED) is 0.138. The lowest BCUT2D eigenvalue weighted by molar-refractivity contribution is -0.143. The lowest BCUT2D eigenvalue weighted by atomic mass is 10.0. The topological polar surface area (TPSA) is 234 Å². The molecule has 0 heterocycles. The fourth-order valence-electron chi connectivity index (χ4n) is 3.05. The van der Waals surface area contributed by atoms with Crippen LogP contribution in [0.2, 0.25) is 0 Å². The Kier molecular flexibility index (Phi) is 11.6. The van der Waals surface area contributed by atoms with Crippen molar-refractivity contribution in [3.63, 3.8) is 0 Å². The van der Waals surface area contributed by atoms with Crippen LogP contribution in [-0.4, -0.2) is 75.7 Å². The van der Waals surface area contributed by atoms with E-state index in [2.05, 4.69) is 16.0 Å². The molecule has 35 heavy (non-hydrogen) atoms. The number of hydrogen-bond donors (Lipinski definition) is 8. The van der Waals surface area contributed by atoms with Gasteiger partial charge in [-0.3, -0.25) is 19.2 Å². The molecule has 0 bridgehead atoms. The Balaban J connectivity index is 2.86. The van der Waals surface area contributed by atoms with E-state index < -0.39 is 66.3 Å². The molecule has 4 atom stereocenters. The highest BCUT2D eigenvalue weighted by atomic mass is 16.4. The van der Waals surface area contributed by atoms with Crippen LogP contribution in [0.5, 0.6) is 5.75 Å². The van der Waals surface area contributed by atoms with Gasteiger partial charge < -0.3 is 42.7 Å². The average molecular weight is 496 g/mol. The lowest BCUT2D eigenvalue weighted by Gasteiger charge is -2.25. The van der Waals surface area contributed by atoms with Gasteiger partial charge in [-0.05, 0) is 36.5 Å². The normalized spacial score (nSPS) is 14.3. The molecule has 1 aromatic rings. The summed E-state index contributed by atoms with van der Waals surface area (Å²) in [6.07, 6.45) is -0.434. The summed E-state index contributed by atoms with van der Waals surface area (Å²) in [5, 5.41) is 35.1. The van der Waals surface area contributed by atoms with Crippen LogP contribution in [0.15, 0.2) is 24.3 Å². The predicted octanol–water partition coefficient (Wildman–Crippen LogP) is -2.29. The highest BCUT2D eigenvalue weighted by molar-refractivity contribution is 5.94. The SMILES string of the molecule is CC(C)C(NC(=O)C(CCC(N)=O)NC(=O)C(CO)NC(=O)C(N)Cc1ccc(O)cc1)C(=O)O. The maximum atomic E-state index is 12.7. The number of carbonyl (C=O) groups is 5. The summed E-state index contributed by atoms with van der Waals surface area (Å²) in [6, 6.07) is 0.833. The molecule has 10 N–H and O–H groups in total. The number of amides is 4. The van der Waals surface area contributed by atoms with Crippen LogP contribution < -0.4 is 27.4 Å². The Morgan fingerprint density at radius 3 is 1.94 bits per heavy atom. The van der Waals surface area contributed by atoms with E-state index in [1.807, 2.05) is 0 Å². The van der Waals surface area contributed by atoms with E-state index >= 15 is 0 Å². The summed E-state index contributed by atoms with van der Waals surface area (Å²) in [5.41, 5.74) is 11.6. The molecule has 0 aromatic heterocycles. The Hall–Kier alpha value is -3.71. The lowest BCUT2D eigenvalue weighted by Crippen LogP contribution is -2.58. The van der Waals surface area contributed by atoms with Crippen molar-refractivity contribution < 1.29 is 39.3 Å². The second kappa shape index (κ2) is 13.9. The summed E-state index contributed by atoms with van der Waals surface area (Å²) < 4.78 is 0. The van der Waals surface area contributed by atoms with Gasteiger partial charge >= 0.3 is 5.97 Å². The standard InChI is InChI=1S/C22H33N5O8/c1-11(2)18(22(34)35)27-20(32)15(7-8-17(24)30)25-21(33)16(10-28)26-19(31)14(23)9-12-3-5-13(29)6-4-12/h3-6,11,14-16,18,28-29H,7-10,23H2,1-2H3,(H2,24,30)(H,25,33)(H,26,31)(H,27,32)(H,34,35). The molecule has 13 heteroatoms. The highest BCUT2D eigenvalue weighted by Gasteiger charge is 2.31. The number of primary amides is 1. The minimum atomic E-state index is -1.47. The van der Waals surface area contributed by atoms with Crippen molar-refractivity contribution in [3.8, 4) is 5.75 Å². The number of aromatic hydroxyl groups is 1. The number of nitrogens with one attached hydrogen (secondary N) is 3. The smallest absolute Gasteiger partial charge is 0.326 e. The molecule has 0 radical (unpaired) electrons. The molecular weight excluding hydrogens is 462 g/mol. The fourth-order valence-corrected chi connectivity index (χ4v) is 3.05. The summed E-state index contributed by atoms with van der Waals surface area (Å²) >= 11 is 0. The number of phenols is 1. The number of hydrogen-bond acceptors (Lipinski definition) is 8. The molecule has 0 spiro atoms. The molecular formula is C22H33N5O8.